The fourth-order valence-electron chi connectivity index (χ4n) is 2.35. The number of rotatable bonds is 3. The molecule has 0 aliphatic carbocycles. The van der Waals surface area contributed by atoms with Crippen LogP contribution in [0, 0.1) is 20.8 Å². The second-order valence-corrected chi connectivity index (χ2v) is 6.17. The predicted molar refractivity (Wildman–Crippen MR) is 79.3 cm³/mol. The van der Waals surface area contributed by atoms with Gasteiger partial charge in [-0.1, -0.05) is 12.1 Å². The van der Waals surface area contributed by atoms with Gasteiger partial charge >= 0.3 is 0 Å². The molecule has 2 heterocycles. The smallest absolute Gasteiger partial charge is 0.140 e. The van der Waals surface area contributed by atoms with E-state index in [1.165, 1.54) is 21.6 Å². The molecule has 0 unspecified atom stereocenters. The average Bonchev–Trinajstić information content (AvgIpc) is 2.95. The summed E-state index contributed by atoms with van der Waals surface area (Å²) in [6.45, 7) is 7.89. The highest BCUT2D eigenvalue weighted by Gasteiger charge is 2.16. The topological polar surface area (TPSA) is 34.1 Å². The van der Waals surface area contributed by atoms with Gasteiger partial charge in [-0.15, -0.1) is 11.3 Å². The molecule has 0 saturated heterocycles. The average molecular weight is 274 g/mol. The first-order valence-corrected chi connectivity index (χ1v) is 7.39. The standard InChI is InChI=1S/C15H18N2OS/c1-9-4-5-10(2)14(11(9)3)18-8-13-17-15-12(19-13)6-7-16-15/h4-5,16H,6-8H2,1-3H3. The number of nitrogens with zero attached hydrogens (tertiary/aromatic N) is 1. The SMILES string of the molecule is Cc1ccc(C)c(OCc2nc3c(s2)CCN3)c1C. The summed E-state index contributed by atoms with van der Waals surface area (Å²) in [5.41, 5.74) is 3.68. The molecule has 3 nitrogen and oxygen atoms in total. The largest absolute Gasteiger partial charge is 0.486 e. The van der Waals surface area contributed by atoms with E-state index >= 15 is 0 Å². The molecule has 3 rings (SSSR count). The molecular weight excluding hydrogens is 256 g/mol. The van der Waals surface area contributed by atoms with Crippen molar-refractivity contribution in [2.24, 2.45) is 0 Å². The minimum Gasteiger partial charge on any atom is -0.486 e. The monoisotopic (exact) mass is 274 g/mol. The third-order valence-corrected chi connectivity index (χ3v) is 4.69. The number of ether oxygens (including phenoxy) is 1. The normalized spacial score (nSPS) is 13.2. The van der Waals surface area contributed by atoms with Crippen molar-refractivity contribution in [3.63, 3.8) is 0 Å². The Morgan fingerprint density at radius 1 is 1.26 bits per heavy atom. The summed E-state index contributed by atoms with van der Waals surface area (Å²) >= 11 is 1.76. The Morgan fingerprint density at radius 3 is 2.84 bits per heavy atom. The minimum absolute atomic E-state index is 0.560. The highest BCUT2D eigenvalue weighted by Crippen LogP contribution is 2.30. The Kier molecular flexibility index (Phi) is 3.19. The number of hydrogen-bond donors (Lipinski definition) is 1. The first-order chi connectivity index (χ1) is 9.15. The summed E-state index contributed by atoms with van der Waals surface area (Å²) in [4.78, 5) is 5.93. The van der Waals surface area contributed by atoms with Gasteiger partial charge in [0.2, 0.25) is 0 Å². The van der Waals surface area contributed by atoms with Gasteiger partial charge in [0.15, 0.2) is 0 Å². The number of aromatic nitrogens is 1. The maximum Gasteiger partial charge on any atom is 0.140 e. The Hall–Kier alpha value is -1.55. The number of aryl methyl sites for hydroxylation is 2. The van der Waals surface area contributed by atoms with E-state index in [0.29, 0.717) is 6.61 Å². The van der Waals surface area contributed by atoms with Crippen molar-refractivity contribution in [2.75, 3.05) is 11.9 Å². The lowest BCUT2D eigenvalue weighted by Crippen LogP contribution is -2.01. The van der Waals surface area contributed by atoms with Gasteiger partial charge in [-0.2, -0.15) is 0 Å². The predicted octanol–water partition coefficient (Wildman–Crippen LogP) is 3.62. The van der Waals surface area contributed by atoms with Gasteiger partial charge in [0.25, 0.3) is 0 Å². The summed E-state index contributed by atoms with van der Waals surface area (Å²) < 4.78 is 5.99. The number of hydrogen-bond acceptors (Lipinski definition) is 4. The Bertz CT molecular complexity index is 597. The van der Waals surface area contributed by atoms with E-state index in [1.807, 2.05) is 0 Å². The molecule has 0 radical (unpaired) electrons. The van der Waals surface area contributed by atoms with E-state index in [4.69, 9.17) is 4.74 Å². The third-order valence-electron chi connectivity index (χ3n) is 3.60. The van der Waals surface area contributed by atoms with Gasteiger partial charge in [0, 0.05) is 13.0 Å². The van der Waals surface area contributed by atoms with Crippen LogP contribution in [-0.4, -0.2) is 11.5 Å². The van der Waals surface area contributed by atoms with Crippen molar-refractivity contribution < 1.29 is 4.74 Å². The quantitative estimate of drug-likeness (QED) is 0.928. The second-order valence-electron chi connectivity index (χ2n) is 5.00. The molecule has 0 atom stereocenters. The zero-order valence-electron chi connectivity index (χ0n) is 11.5. The maximum atomic E-state index is 5.99. The molecule has 0 fully saturated rings. The van der Waals surface area contributed by atoms with Gasteiger partial charge in [0.1, 0.15) is 23.2 Å². The van der Waals surface area contributed by atoms with E-state index in [9.17, 15) is 0 Å². The van der Waals surface area contributed by atoms with Gasteiger partial charge in [-0.25, -0.2) is 4.98 Å². The van der Waals surface area contributed by atoms with Gasteiger partial charge in [-0.3, -0.25) is 0 Å². The van der Waals surface area contributed by atoms with Crippen LogP contribution >= 0.6 is 11.3 Å². The van der Waals surface area contributed by atoms with E-state index in [1.54, 1.807) is 11.3 Å². The minimum atomic E-state index is 0.560. The van der Waals surface area contributed by atoms with E-state index < -0.39 is 0 Å². The molecule has 4 heteroatoms. The molecule has 0 spiro atoms. The molecule has 1 aromatic heterocycles. The molecular formula is C15H18N2OS. The molecule has 1 aliphatic heterocycles. The number of benzene rings is 1. The molecule has 1 aromatic carbocycles. The first-order valence-electron chi connectivity index (χ1n) is 6.57. The van der Waals surface area contributed by atoms with E-state index in [2.05, 4.69) is 43.2 Å². The fourth-order valence-corrected chi connectivity index (χ4v) is 3.30. The third kappa shape index (κ3) is 2.32. The molecule has 1 aliphatic rings. The lowest BCUT2D eigenvalue weighted by Gasteiger charge is -2.12. The maximum absolute atomic E-state index is 5.99. The lowest BCUT2D eigenvalue weighted by atomic mass is 10.1. The second kappa shape index (κ2) is 4.85. The first kappa shape index (κ1) is 12.5. The highest BCUT2D eigenvalue weighted by molar-refractivity contribution is 7.12. The van der Waals surface area contributed by atoms with Crippen LogP contribution in [0.4, 0.5) is 5.82 Å². The molecule has 2 aromatic rings. The van der Waals surface area contributed by atoms with Crippen LogP contribution < -0.4 is 10.1 Å². The van der Waals surface area contributed by atoms with Crippen LogP contribution in [0.2, 0.25) is 0 Å². The zero-order chi connectivity index (χ0) is 13.4. The zero-order valence-corrected chi connectivity index (χ0v) is 12.4. The number of fused-ring (bicyclic) bond motifs is 1. The van der Waals surface area contributed by atoms with Crippen LogP contribution in [0.25, 0.3) is 0 Å². The summed E-state index contributed by atoms with van der Waals surface area (Å²) in [6.07, 6.45) is 1.09. The van der Waals surface area contributed by atoms with Gasteiger partial charge in [-0.05, 0) is 37.5 Å². The molecule has 0 amide bonds. The number of thiazole rings is 1. The van der Waals surface area contributed by atoms with Gasteiger partial charge in [0.05, 0.1) is 4.88 Å². The summed E-state index contributed by atoms with van der Waals surface area (Å²) in [5.74, 6) is 2.06. The lowest BCUT2D eigenvalue weighted by molar-refractivity contribution is 0.301. The Labute approximate surface area is 117 Å². The van der Waals surface area contributed by atoms with Gasteiger partial charge < -0.3 is 10.1 Å². The van der Waals surface area contributed by atoms with E-state index in [0.717, 1.165) is 29.5 Å². The van der Waals surface area contributed by atoms with Crippen LogP contribution in [0.15, 0.2) is 12.1 Å². The molecule has 0 bridgehead atoms. The van der Waals surface area contributed by atoms with E-state index in [-0.39, 0.29) is 0 Å². The van der Waals surface area contributed by atoms with Crippen LogP contribution in [0.1, 0.15) is 26.6 Å². The van der Waals surface area contributed by atoms with Crippen molar-refractivity contribution in [3.8, 4) is 5.75 Å². The van der Waals surface area contributed by atoms with Crippen molar-refractivity contribution in [1.82, 2.24) is 4.98 Å². The van der Waals surface area contributed by atoms with Crippen molar-refractivity contribution in [3.05, 3.63) is 38.7 Å². The fraction of sp³-hybridized carbons (Fsp3) is 0.400. The molecule has 100 valence electrons. The van der Waals surface area contributed by atoms with Crippen LogP contribution in [-0.2, 0) is 13.0 Å². The molecule has 1 N–H and O–H groups in total. The van der Waals surface area contributed by atoms with Crippen molar-refractivity contribution in [1.29, 1.82) is 0 Å². The Balaban J connectivity index is 1.77. The summed E-state index contributed by atoms with van der Waals surface area (Å²) in [6, 6.07) is 4.25. The Morgan fingerprint density at radius 2 is 2.05 bits per heavy atom. The molecule has 19 heavy (non-hydrogen) atoms. The number of anilines is 1. The summed E-state index contributed by atoms with van der Waals surface area (Å²) in [7, 11) is 0. The summed E-state index contributed by atoms with van der Waals surface area (Å²) in [5, 5.41) is 4.35. The number of nitrogens with one attached hydrogen (secondary N) is 1. The highest BCUT2D eigenvalue weighted by atomic mass is 32.1. The van der Waals surface area contributed by atoms with Crippen molar-refractivity contribution in [2.45, 2.75) is 33.8 Å². The van der Waals surface area contributed by atoms with Crippen LogP contribution in [0.5, 0.6) is 5.75 Å². The van der Waals surface area contributed by atoms with Crippen molar-refractivity contribution >= 4 is 17.2 Å². The van der Waals surface area contributed by atoms with Crippen LogP contribution in [0.3, 0.4) is 0 Å². The molecule has 0 saturated carbocycles.